The minimum atomic E-state index is 0.332. The van der Waals surface area contributed by atoms with Gasteiger partial charge in [-0.3, -0.25) is 4.79 Å². The maximum atomic E-state index is 11.4. The number of hydrazine groups is 1. The van der Waals surface area contributed by atoms with Crippen LogP contribution < -0.4 is 10.9 Å². The number of carbonyl (C=O) groups excluding carboxylic acids is 1. The third-order valence-corrected chi connectivity index (χ3v) is 5.66. The number of ketones is 1. The number of benzene rings is 1. The molecule has 4 rings (SSSR count). The minimum Gasteiger partial charge on any atom is -0.400 e. The Labute approximate surface area is 195 Å². The molecule has 0 amide bonds. The average molecular weight is 443 g/mol. The van der Waals surface area contributed by atoms with Gasteiger partial charge in [-0.1, -0.05) is 62.6 Å². The van der Waals surface area contributed by atoms with Gasteiger partial charge in [0, 0.05) is 42.9 Å². The zero-order valence-electron chi connectivity index (χ0n) is 19.2. The molecule has 1 fully saturated rings. The van der Waals surface area contributed by atoms with Crippen molar-refractivity contribution in [2.45, 2.75) is 32.1 Å². The van der Waals surface area contributed by atoms with Gasteiger partial charge in [-0.05, 0) is 35.6 Å². The summed E-state index contributed by atoms with van der Waals surface area (Å²) in [5.41, 5.74) is 5.67. The molecule has 1 aromatic heterocycles. The van der Waals surface area contributed by atoms with E-state index in [0.717, 1.165) is 41.5 Å². The van der Waals surface area contributed by atoms with E-state index in [0.29, 0.717) is 36.2 Å². The molecular weight excluding hydrogens is 412 g/mol. The van der Waals surface area contributed by atoms with Crippen LogP contribution in [-0.4, -0.2) is 29.2 Å². The van der Waals surface area contributed by atoms with Gasteiger partial charge in [0.1, 0.15) is 11.6 Å². The Bertz CT molecular complexity index is 1140. The van der Waals surface area contributed by atoms with Gasteiger partial charge in [0.2, 0.25) is 0 Å². The first-order chi connectivity index (χ1) is 16.0. The summed E-state index contributed by atoms with van der Waals surface area (Å²) in [5, 5.41) is 8.53. The Hall–Kier alpha value is -3.61. The number of aromatic nitrogens is 1. The summed E-state index contributed by atoms with van der Waals surface area (Å²) in [4.78, 5) is 20.8. The van der Waals surface area contributed by atoms with E-state index >= 15 is 0 Å². The van der Waals surface area contributed by atoms with Crippen molar-refractivity contribution >= 4 is 23.4 Å². The van der Waals surface area contributed by atoms with E-state index in [4.69, 9.17) is 15.9 Å². The molecule has 2 aliphatic rings. The normalized spacial score (nSPS) is 16.6. The first kappa shape index (κ1) is 24.0. The predicted octanol–water partition coefficient (Wildman–Crippen LogP) is 4.92. The lowest BCUT2D eigenvalue weighted by atomic mass is 9.78. The first-order valence-electron chi connectivity index (χ1n) is 10.9. The largest absolute Gasteiger partial charge is 0.400 e. The van der Waals surface area contributed by atoms with Crippen molar-refractivity contribution in [2.24, 2.45) is 10.8 Å². The van der Waals surface area contributed by atoms with E-state index in [1.165, 1.54) is 10.6 Å². The highest BCUT2D eigenvalue weighted by Gasteiger charge is 2.28. The van der Waals surface area contributed by atoms with Gasteiger partial charge in [0.15, 0.2) is 5.82 Å². The molecule has 2 aromatic rings. The molecule has 0 saturated heterocycles. The van der Waals surface area contributed by atoms with E-state index in [1.54, 1.807) is 18.4 Å². The summed E-state index contributed by atoms with van der Waals surface area (Å²) in [6, 6.07) is 10.3. The topological polar surface area (TPSA) is 91.8 Å². The zero-order valence-corrected chi connectivity index (χ0v) is 19.2. The Kier molecular flexibility index (Phi) is 7.87. The highest BCUT2D eigenvalue weighted by Crippen LogP contribution is 2.37. The van der Waals surface area contributed by atoms with Crippen LogP contribution >= 0.6 is 0 Å². The number of anilines is 1. The summed E-state index contributed by atoms with van der Waals surface area (Å²) < 4.78 is 0. The Morgan fingerprint density at radius 1 is 1.24 bits per heavy atom. The summed E-state index contributed by atoms with van der Waals surface area (Å²) in [7, 11) is 1.00. The van der Waals surface area contributed by atoms with Gasteiger partial charge >= 0.3 is 0 Å². The minimum absolute atomic E-state index is 0.332. The first-order valence-corrected chi connectivity index (χ1v) is 10.9. The van der Waals surface area contributed by atoms with Crippen molar-refractivity contribution in [3.63, 3.8) is 0 Å². The van der Waals surface area contributed by atoms with Crippen molar-refractivity contribution < 1.29 is 9.90 Å². The SMILES string of the molecule is C=C/C=C(\C=C)c1cc2c(nc1-c1ccc(C3CC(=O)C3)cc1)N(N)/C(=C\CC)N=C2.CO. The molecule has 6 heteroatoms. The van der Waals surface area contributed by atoms with Crippen LogP contribution in [0.25, 0.3) is 16.8 Å². The van der Waals surface area contributed by atoms with E-state index < -0.39 is 0 Å². The molecule has 0 bridgehead atoms. The molecular formula is C27H30N4O2. The fourth-order valence-electron chi connectivity index (χ4n) is 3.92. The van der Waals surface area contributed by atoms with E-state index in [9.17, 15) is 4.79 Å². The molecule has 1 saturated carbocycles. The van der Waals surface area contributed by atoms with Crippen molar-refractivity contribution in [2.75, 3.05) is 12.1 Å². The number of pyridine rings is 1. The number of allylic oxidation sites excluding steroid dienone is 5. The molecule has 0 atom stereocenters. The van der Waals surface area contributed by atoms with E-state index in [1.807, 2.05) is 25.1 Å². The Balaban J connectivity index is 0.00000149. The van der Waals surface area contributed by atoms with Crippen LogP contribution in [-0.2, 0) is 4.79 Å². The zero-order chi connectivity index (χ0) is 24.0. The van der Waals surface area contributed by atoms with Crippen LogP contribution in [0.2, 0.25) is 0 Å². The molecule has 0 unspecified atom stereocenters. The van der Waals surface area contributed by atoms with Crippen LogP contribution in [0, 0.1) is 0 Å². The van der Waals surface area contributed by atoms with Gasteiger partial charge < -0.3 is 5.11 Å². The number of fused-ring (bicyclic) bond motifs is 1. The predicted molar refractivity (Wildman–Crippen MR) is 136 cm³/mol. The van der Waals surface area contributed by atoms with Crippen LogP contribution in [0.5, 0.6) is 0 Å². The smallest absolute Gasteiger partial charge is 0.158 e. The fraction of sp³-hybridized carbons (Fsp3) is 0.222. The second-order valence-electron chi connectivity index (χ2n) is 7.72. The van der Waals surface area contributed by atoms with E-state index in [2.05, 4.69) is 42.4 Å². The van der Waals surface area contributed by atoms with Gasteiger partial charge in [0.05, 0.1) is 5.69 Å². The molecule has 0 radical (unpaired) electrons. The third kappa shape index (κ3) is 4.92. The Morgan fingerprint density at radius 3 is 2.52 bits per heavy atom. The monoisotopic (exact) mass is 442 g/mol. The van der Waals surface area contributed by atoms with Crippen LogP contribution in [0.3, 0.4) is 0 Å². The molecule has 2 heterocycles. The third-order valence-electron chi connectivity index (χ3n) is 5.66. The summed E-state index contributed by atoms with van der Waals surface area (Å²) in [6.07, 6.45) is 11.3. The molecule has 170 valence electrons. The van der Waals surface area contributed by atoms with E-state index in [-0.39, 0.29) is 0 Å². The lowest BCUT2D eigenvalue weighted by Gasteiger charge is -2.26. The number of nitrogens with zero attached hydrogens (tertiary/aromatic N) is 3. The Morgan fingerprint density at radius 2 is 1.94 bits per heavy atom. The number of aliphatic hydroxyl groups is 1. The number of rotatable bonds is 6. The number of hydrogen-bond donors (Lipinski definition) is 2. The fourth-order valence-corrected chi connectivity index (χ4v) is 3.92. The number of nitrogens with two attached hydrogens (primary N) is 1. The van der Waals surface area contributed by atoms with Crippen molar-refractivity contribution in [1.82, 2.24) is 4.98 Å². The number of carbonyl (C=O) groups is 1. The van der Waals surface area contributed by atoms with Crippen LogP contribution in [0.1, 0.15) is 48.8 Å². The maximum absolute atomic E-state index is 11.4. The molecule has 33 heavy (non-hydrogen) atoms. The average Bonchev–Trinajstić information content (AvgIpc) is 2.83. The summed E-state index contributed by atoms with van der Waals surface area (Å²) >= 11 is 0. The molecule has 1 aromatic carbocycles. The molecule has 3 N–H and O–H groups in total. The molecule has 1 aliphatic heterocycles. The van der Waals surface area contributed by atoms with Crippen molar-refractivity contribution in [3.05, 3.63) is 90.3 Å². The lowest BCUT2D eigenvalue weighted by molar-refractivity contribution is -0.124. The summed E-state index contributed by atoms with van der Waals surface area (Å²) in [6.45, 7) is 9.83. The highest BCUT2D eigenvalue weighted by atomic mass is 16.2. The van der Waals surface area contributed by atoms with Gasteiger partial charge in [-0.15, -0.1) is 0 Å². The lowest BCUT2D eigenvalue weighted by Crippen LogP contribution is -2.33. The van der Waals surface area contributed by atoms with Crippen molar-refractivity contribution in [1.29, 1.82) is 0 Å². The van der Waals surface area contributed by atoms with Crippen LogP contribution in [0.15, 0.2) is 78.6 Å². The van der Waals surface area contributed by atoms with Crippen molar-refractivity contribution in [3.8, 4) is 11.3 Å². The number of aliphatic hydroxyl groups excluding tert-OH is 1. The molecule has 0 spiro atoms. The quantitative estimate of drug-likeness (QED) is 0.489. The number of aliphatic imine (C=N–C) groups is 1. The maximum Gasteiger partial charge on any atom is 0.158 e. The second kappa shape index (κ2) is 10.8. The van der Waals surface area contributed by atoms with Gasteiger partial charge in [-0.2, -0.15) is 0 Å². The highest BCUT2D eigenvalue weighted by molar-refractivity contribution is 5.95. The standard InChI is InChI=1S/C26H26N4O.CH4O/c1-4-7-17(6-3)23-15-21-16-28-24(8-5-2)30(27)26(21)29-25(23)19-11-9-18(10-12-19)20-13-22(31)14-20;1-2/h4,6-12,15-16,20H,1,3,5,13-14,27H2,2H3;2H,1H3/b17-7+,24-8-;. The van der Waals surface area contributed by atoms with Gasteiger partial charge in [-0.25, -0.2) is 20.8 Å². The second-order valence-corrected chi connectivity index (χ2v) is 7.72. The van der Waals surface area contributed by atoms with Crippen LogP contribution in [0.4, 0.5) is 5.82 Å². The molecule has 6 nitrogen and oxygen atoms in total. The summed E-state index contributed by atoms with van der Waals surface area (Å²) in [5.74, 6) is 8.35. The number of Topliss-reactive ketones (excluding diaryl/α,β-unsaturated/α-hetero) is 1. The van der Waals surface area contributed by atoms with Gasteiger partial charge in [0.25, 0.3) is 0 Å². The molecule has 1 aliphatic carbocycles. The number of hydrogen-bond acceptors (Lipinski definition) is 6.